The number of hydrogen-bond acceptors (Lipinski definition) is 7. The van der Waals surface area contributed by atoms with Crippen molar-refractivity contribution < 1.29 is 28.9 Å². The number of amides is 1. The third kappa shape index (κ3) is 4.22. The average molecular weight is 515 g/mol. The van der Waals surface area contributed by atoms with Crippen molar-refractivity contribution in [2.24, 2.45) is 0 Å². The van der Waals surface area contributed by atoms with E-state index in [-0.39, 0.29) is 17.4 Å². The molecule has 2 heterocycles. The Morgan fingerprint density at radius 3 is 2.34 bits per heavy atom. The van der Waals surface area contributed by atoms with E-state index in [9.17, 15) is 14.7 Å². The molecule has 3 aromatic rings. The molecule has 0 aliphatic carbocycles. The topological polar surface area (TPSA) is 88.5 Å². The molecule has 8 nitrogen and oxygen atoms in total. The maximum atomic E-state index is 13.5. The van der Waals surface area contributed by atoms with Gasteiger partial charge >= 0.3 is 0 Å². The smallest absolute Gasteiger partial charge is 0.300 e. The van der Waals surface area contributed by atoms with Gasteiger partial charge in [-0.15, -0.1) is 0 Å². The first-order chi connectivity index (χ1) is 18.2. The second-order valence-electron chi connectivity index (χ2n) is 9.65. The Kier molecular flexibility index (Phi) is 6.48. The molecule has 196 valence electrons. The van der Waals surface area contributed by atoms with Gasteiger partial charge < -0.3 is 24.2 Å². The second-order valence-corrected chi connectivity index (χ2v) is 9.65. The molecular formula is C30H30N2O6. The highest BCUT2D eigenvalue weighted by Gasteiger charge is 2.47. The summed E-state index contributed by atoms with van der Waals surface area (Å²) in [6.45, 7) is 1.98. The minimum Gasteiger partial charge on any atom is -0.507 e. The van der Waals surface area contributed by atoms with E-state index in [1.54, 1.807) is 30.3 Å². The summed E-state index contributed by atoms with van der Waals surface area (Å²) in [7, 11) is 6.90. The van der Waals surface area contributed by atoms with Crippen LogP contribution in [-0.2, 0) is 16.0 Å². The van der Waals surface area contributed by atoms with Gasteiger partial charge in [-0.25, -0.2) is 0 Å². The van der Waals surface area contributed by atoms with E-state index < -0.39 is 17.7 Å². The number of anilines is 2. The molecule has 0 bridgehead atoms. The molecule has 0 aromatic heterocycles. The highest BCUT2D eigenvalue weighted by molar-refractivity contribution is 6.51. The van der Waals surface area contributed by atoms with Gasteiger partial charge in [0.05, 0.1) is 25.8 Å². The Labute approximate surface area is 221 Å². The van der Waals surface area contributed by atoms with Gasteiger partial charge in [-0.2, -0.15) is 0 Å². The summed E-state index contributed by atoms with van der Waals surface area (Å²) in [5.41, 5.74) is 3.52. The summed E-state index contributed by atoms with van der Waals surface area (Å²) in [4.78, 5) is 30.4. The lowest BCUT2D eigenvalue weighted by molar-refractivity contribution is -0.132. The minimum atomic E-state index is -0.854. The first kappa shape index (κ1) is 25.2. The average Bonchev–Trinajstić information content (AvgIpc) is 3.43. The highest BCUT2D eigenvalue weighted by atomic mass is 16.5. The predicted octanol–water partition coefficient (Wildman–Crippen LogP) is 4.72. The monoisotopic (exact) mass is 514 g/mol. The molecule has 3 aromatic carbocycles. The van der Waals surface area contributed by atoms with Crippen molar-refractivity contribution >= 4 is 28.8 Å². The van der Waals surface area contributed by atoms with Gasteiger partial charge in [-0.1, -0.05) is 12.1 Å². The zero-order valence-electron chi connectivity index (χ0n) is 22.0. The molecule has 2 aliphatic rings. The van der Waals surface area contributed by atoms with Crippen LogP contribution in [0.2, 0.25) is 0 Å². The van der Waals surface area contributed by atoms with Crippen molar-refractivity contribution in [3.05, 3.63) is 82.9 Å². The Hall–Kier alpha value is -4.46. The fraction of sp³-hybridized carbons (Fsp3) is 0.267. The van der Waals surface area contributed by atoms with E-state index in [0.29, 0.717) is 34.7 Å². The molecule has 1 amide bonds. The maximum Gasteiger partial charge on any atom is 0.300 e. The first-order valence-electron chi connectivity index (χ1n) is 12.3. The molecule has 2 atom stereocenters. The van der Waals surface area contributed by atoms with Crippen LogP contribution < -0.4 is 24.0 Å². The van der Waals surface area contributed by atoms with Crippen molar-refractivity contribution in [2.45, 2.75) is 25.5 Å². The second kappa shape index (κ2) is 9.78. The Morgan fingerprint density at radius 2 is 1.68 bits per heavy atom. The number of ether oxygens (including phenoxy) is 3. The number of benzene rings is 3. The number of aliphatic hydroxyl groups excluding tert-OH is 1. The van der Waals surface area contributed by atoms with Gasteiger partial charge in [0, 0.05) is 43.5 Å². The molecule has 2 aliphatic heterocycles. The van der Waals surface area contributed by atoms with Crippen LogP contribution in [0.4, 0.5) is 11.4 Å². The number of rotatable bonds is 6. The predicted molar refractivity (Wildman–Crippen MR) is 145 cm³/mol. The summed E-state index contributed by atoms with van der Waals surface area (Å²) in [6, 6.07) is 17.1. The third-order valence-electron chi connectivity index (χ3n) is 6.98. The van der Waals surface area contributed by atoms with Crippen LogP contribution in [0, 0.1) is 0 Å². The molecule has 0 radical (unpaired) electrons. The van der Waals surface area contributed by atoms with Gasteiger partial charge in [0.25, 0.3) is 11.7 Å². The van der Waals surface area contributed by atoms with Crippen molar-refractivity contribution in [2.75, 3.05) is 38.1 Å². The molecule has 1 N–H and O–H groups in total. The number of carbonyl (C=O) groups excluding carboxylic acids is 2. The molecule has 8 heteroatoms. The van der Waals surface area contributed by atoms with E-state index in [2.05, 4.69) is 0 Å². The number of Topliss-reactive ketones (excluding diaryl/α,β-unsaturated/α-hetero) is 1. The molecule has 5 rings (SSSR count). The maximum absolute atomic E-state index is 13.5. The molecule has 2 unspecified atom stereocenters. The standard InChI is InChI=1S/C30H30N2O6/c1-17-14-20-15-19(8-12-23(20)38-17)28(33)26-27(18-6-9-21(10-7-18)31(2)3)32(30(35)29(26)34)22-11-13-24(36-4)25(16-22)37-5/h6-13,15-17,27,33H,14H2,1-5H3/b28-26-. The molecular weight excluding hydrogens is 484 g/mol. The van der Waals surface area contributed by atoms with E-state index in [1.807, 2.05) is 56.3 Å². The normalized spacial score (nSPS) is 19.8. The van der Waals surface area contributed by atoms with Gasteiger partial charge in [0.2, 0.25) is 0 Å². The zero-order chi connectivity index (χ0) is 27.1. The fourth-order valence-electron chi connectivity index (χ4n) is 5.07. The van der Waals surface area contributed by atoms with E-state index in [4.69, 9.17) is 14.2 Å². The lowest BCUT2D eigenvalue weighted by atomic mass is 9.94. The molecule has 0 spiro atoms. The first-order valence-corrected chi connectivity index (χ1v) is 12.3. The Balaban J connectivity index is 1.68. The minimum absolute atomic E-state index is 0.0225. The van der Waals surface area contributed by atoms with Crippen LogP contribution >= 0.6 is 0 Å². The quantitative estimate of drug-likeness (QED) is 0.289. The molecule has 1 saturated heterocycles. The number of methoxy groups -OCH3 is 2. The van der Waals surface area contributed by atoms with Crippen molar-refractivity contribution in [1.29, 1.82) is 0 Å². The molecule has 1 fully saturated rings. The lowest BCUT2D eigenvalue weighted by Gasteiger charge is -2.26. The largest absolute Gasteiger partial charge is 0.507 e. The van der Waals surface area contributed by atoms with Crippen LogP contribution in [0.5, 0.6) is 17.2 Å². The van der Waals surface area contributed by atoms with Gasteiger partial charge in [0.1, 0.15) is 17.6 Å². The number of fused-ring (bicyclic) bond motifs is 1. The number of hydrogen-bond donors (Lipinski definition) is 1. The number of aliphatic hydroxyl groups is 1. The van der Waals surface area contributed by atoms with Crippen molar-refractivity contribution in [3.63, 3.8) is 0 Å². The van der Waals surface area contributed by atoms with Crippen LogP contribution in [0.1, 0.15) is 29.7 Å². The summed E-state index contributed by atoms with van der Waals surface area (Å²) in [6.07, 6.45) is 0.736. The lowest BCUT2D eigenvalue weighted by Crippen LogP contribution is -2.29. The van der Waals surface area contributed by atoms with Crippen LogP contribution in [0.25, 0.3) is 5.76 Å². The van der Waals surface area contributed by atoms with Gasteiger partial charge in [-0.3, -0.25) is 14.5 Å². The number of ketones is 1. The van der Waals surface area contributed by atoms with E-state index in [0.717, 1.165) is 17.0 Å². The highest BCUT2D eigenvalue weighted by Crippen LogP contribution is 2.45. The van der Waals surface area contributed by atoms with Crippen LogP contribution in [0.15, 0.2) is 66.2 Å². The van der Waals surface area contributed by atoms with E-state index >= 15 is 0 Å². The third-order valence-corrected chi connectivity index (χ3v) is 6.98. The summed E-state index contributed by atoms with van der Waals surface area (Å²) in [5, 5.41) is 11.5. The summed E-state index contributed by atoms with van der Waals surface area (Å²) in [5.74, 6) is -0.0515. The Bertz CT molecular complexity index is 1440. The van der Waals surface area contributed by atoms with Gasteiger partial charge in [-0.05, 0) is 60.5 Å². The zero-order valence-corrected chi connectivity index (χ0v) is 22.0. The van der Waals surface area contributed by atoms with Crippen molar-refractivity contribution in [1.82, 2.24) is 0 Å². The van der Waals surface area contributed by atoms with E-state index in [1.165, 1.54) is 19.1 Å². The van der Waals surface area contributed by atoms with Crippen LogP contribution in [0.3, 0.4) is 0 Å². The van der Waals surface area contributed by atoms with Gasteiger partial charge in [0.15, 0.2) is 11.5 Å². The number of carbonyl (C=O) groups is 2. The fourth-order valence-corrected chi connectivity index (χ4v) is 5.07. The SMILES string of the molecule is COc1ccc(N2C(=O)C(=O)/C(=C(\O)c3ccc4c(c3)CC(C)O4)C2c2ccc(N(C)C)cc2)cc1OC. The number of nitrogens with zero attached hydrogens (tertiary/aromatic N) is 2. The Morgan fingerprint density at radius 1 is 0.974 bits per heavy atom. The van der Waals surface area contributed by atoms with Crippen molar-refractivity contribution in [3.8, 4) is 17.2 Å². The molecule has 0 saturated carbocycles. The molecule has 38 heavy (non-hydrogen) atoms. The summed E-state index contributed by atoms with van der Waals surface area (Å²) >= 11 is 0. The summed E-state index contributed by atoms with van der Waals surface area (Å²) < 4.78 is 16.6. The van der Waals surface area contributed by atoms with Crippen LogP contribution in [-0.4, -0.2) is 51.2 Å².